The topological polar surface area (TPSA) is 66.5 Å². The van der Waals surface area contributed by atoms with Gasteiger partial charge in [-0.15, -0.1) is 0 Å². The number of allylic oxidation sites excluding steroid dienone is 2. The van der Waals surface area contributed by atoms with Gasteiger partial charge in [-0.1, -0.05) is 18.2 Å². The Labute approximate surface area is 197 Å². The summed E-state index contributed by atoms with van der Waals surface area (Å²) >= 11 is 0. The van der Waals surface area contributed by atoms with E-state index < -0.39 is 0 Å². The molecule has 1 amide bonds. The fraction of sp³-hybridized carbons (Fsp3) is 0.481. The summed E-state index contributed by atoms with van der Waals surface area (Å²) in [6, 6.07) is 8.76. The number of nitrogens with one attached hydrogen (secondary N) is 2. The van der Waals surface area contributed by atoms with Crippen molar-refractivity contribution in [3.05, 3.63) is 64.4 Å². The van der Waals surface area contributed by atoms with Crippen molar-refractivity contribution in [1.29, 1.82) is 0 Å². The Morgan fingerprint density at radius 3 is 2.76 bits per heavy atom. The van der Waals surface area contributed by atoms with E-state index in [1.54, 1.807) is 7.11 Å². The van der Waals surface area contributed by atoms with Crippen molar-refractivity contribution < 1.29 is 9.53 Å². The number of rotatable bonds is 4. The van der Waals surface area contributed by atoms with Crippen molar-refractivity contribution in [3.8, 4) is 5.88 Å². The van der Waals surface area contributed by atoms with Crippen molar-refractivity contribution in [2.45, 2.75) is 58.5 Å². The van der Waals surface area contributed by atoms with Gasteiger partial charge < -0.3 is 20.3 Å². The van der Waals surface area contributed by atoms with Gasteiger partial charge in [0.1, 0.15) is 0 Å². The molecule has 0 radical (unpaired) electrons. The Kier molecular flexibility index (Phi) is 7.65. The first-order chi connectivity index (χ1) is 16.1. The maximum atomic E-state index is 13.4. The molecule has 2 aliphatic rings. The molecule has 0 spiro atoms. The van der Waals surface area contributed by atoms with Crippen LogP contribution in [0.3, 0.4) is 0 Å². The summed E-state index contributed by atoms with van der Waals surface area (Å²) in [5.41, 5.74) is 6.14. The predicted molar refractivity (Wildman–Crippen MR) is 133 cm³/mol. The highest BCUT2D eigenvalue weighted by Crippen LogP contribution is 2.30. The number of methoxy groups -OCH3 is 1. The van der Waals surface area contributed by atoms with Crippen molar-refractivity contribution >= 4 is 11.6 Å². The molecular formula is C27H36N4O2. The maximum Gasteiger partial charge on any atom is 0.251 e. The monoisotopic (exact) mass is 448 g/mol. The number of aryl methyl sites for hydroxylation is 2. The molecule has 6 nitrogen and oxygen atoms in total. The Hall–Kier alpha value is -2.86. The van der Waals surface area contributed by atoms with Crippen molar-refractivity contribution in [2.75, 3.05) is 31.6 Å². The zero-order chi connectivity index (χ0) is 23.2. The van der Waals surface area contributed by atoms with Crippen LogP contribution in [0, 0.1) is 6.92 Å². The van der Waals surface area contributed by atoms with E-state index in [0.717, 1.165) is 74.1 Å². The zero-order valence-electron chi connectivity index (χ0n) is 20.1. The van der Waals surface area contributed by atoms with Crippen LogP contribution in [0.4, 0.5) is 5.69 Å². The van der Waals surface area contributed by atoms with E-state index in [-0.39, 0.29) is 5.91 Å². The molecule has 33 heavy (non-hydrogen) atoms. The van der Waals surface area contributed by atoms with E-state index >= 15 is 0 Å². The van der Waals surface area contributed by atoms with Gasteiger partial charge in [-0.05, 0) is 88.4 Å². The Morgan fingerprint density at radius 2 is 2.00 bits per heavy atom. The number of carbonyl (C=O) groups is 1. The molecule has 0 saturated carbocycles. The lowest BCUT2D eigenvalue weighted by Gasteiger charge is -2.37. The number of anilines is 1. The van der Waals surface area contributed by atoms with Gasteiger partial charge in [-0.2, -0.15) is 0 Å². The SMILES string of the molecule is CCN(c1cccc2c1C/C=C/CCc1cc(C)nc(OC)c1CNC2=O)C1CCNCC1. The number of fused-ring (bicyclic) bond motifs is 2. The van der Waals surface area contributed by atoms with Gasteiger partial charge in [-0.25, -0.2) is 4.98 Å². The highest BCUT2D eigenvalue weighted by atomic mass is 16.5. The number of aromatic nitrogens is 1. The van der Waals surface area contributed by atoms with Gasteiger partial charge in [0.05, 0.1) is 7.11 Å². The largest absolute Gasteiger partial charge is 0.481 e. The van der Waals surface area contributed by atoms with E-state index in [2.05, 4.69) is 51.7 Å². The third kappa shape index (κ3) is 5.22. The minimum atomic E-state index is -0.0456. The summed E-state index contributed by atoms with van der Waals surface area (Å²) in [5, 5.41) is 6.62. The minimum Gasteiger partial charge on any atom is -0.481 e. The molecule has 0 bridgehead atoms. The van der Waals surface area contributed by atoms with E-state index in [1.807, 2.05) is 19.1 Å². The molecule has 1 aromatic carbocycles. The highest BCUT2D eigenvalue weighted by molar-refractivity contribution is 5.97. The van der Waals surface area contributed by atoms with Crippen LogP contribution in [-0.4, -0.2) is 43.7 Å². The molecule has 0 aliphatic carbocycles. The lowest BCUT2D eigenvalue weighted by atomic mass is 9.96. The number of benzene rings is 1. The summed E-state index contributed by atoms with van der Waals surface area (Å²) in [6.45, 7) is 7.63. The number of pyridine rings is 1. The number of hydrogen-bond donors (Lipinski definition) is 2. The lowest BCUT2D eigenvalue weighted by molar-refractivity contribution is 0.0949. The number of hydrogen-bond acceptors (Lipinski definition) is 5. The first kappa shape index (κ1) is 23.3. The number of nitrogens with zero attached hydrogens (tertiary/aromatic N) is 2. The standard InChI is InChI=1S/C27H36N4O2/c1-4-31(21-13-15-28-16-14-21)25-12-8-11-23-22(25)10-7-5-6-9-20-17-19(2)30-27(33-3)24(20)18-29-26(23)32/h5,7-8,11-12,17,21,28H,4,6,9-10,13-16,18H2,1-3H3,(H,29,32)/b7-5+. The van der Waals surface area contributed by atoms with Gasteiger partial charge >= 0.3 is 0 Å². The molecule has 1 aromatic heterocycles. The van der Waals surface area contributed by atoms with E-state index in [4.69, 9.17) is 4.74 Å². The molecule has 1 saturated heterocycles. The van der Waals surface area contributed by atoms with Crippen LogP contribution in [0.2, 0.25) is 0 Å². The maximum absolute atomic E-state index is 13.4. The highest BCUT2D eigenvalue weighted by Gasteiger charge is 2.24. The van der Waals surface area contributed by atoms with Gasteiger partial charge in [0.2, 0.25) is 5.88 Å². The molecule has 2 aromatic rings. The van der Waals surface area contributed by atoms with Crippen LogP contribution in [0.15, 0.2) is 36.4 Å². The van der Waals surface area contributed by atoms with Gasteiger partial charge in [-0.3, -0.25) is 4.79 Å². The van der Waals surface area contributed by atoms with Crippen LogP contribution < -0.4 is 20.3 Å². The quantitative estimate of drug-likeness (QED) is 0.694. The summed E-state index contributed by atoms with van der Waals surface area (Å²) in [6.07, 6.45) is 9.31. The molecule has 1 fully saturated rings. The molecule has 0 atom stereocenters. The second-order valence-corrected chi connectivity index (χ2v) is 8.88. The fourth-order valence-electron chi connectivity index (χ4n) is 5.15. The average Bonchev–Trinajstić information content (AvgIpc) is 2.83. The first-order valence-electron chi connectivity index (χ1n) is 12.2. The van der Waals surface area contributed by atoms with Gasteiger partial charge in [0, 0.05) is 41.6 Å². The summed E-state index contributed by atoms with van der Waals surface area (Å²) in [4.78, 5) is 20.4. The molecule has 176 valence electrons. The summed E-state index contributed by atoms with van der Waals surface area (Å²) in [5.74, 6) is 0.555. The average molecular weight is 449 g/mol. The zero-order valence-corrected chi connectivity index (χ0v) is 20.1. The molecular weight excluding hydrogens is 412 g/mol. The van der Waals surface area contributed by atoms with Crippen LogP contribution >= 0.6 is 0 Å². The normalized spacial score (nSPS) is 18.2. The van der Waals surface area contributed by atoms with Gasteiger partial charge in [0.25, 0.3) is 5.91 Å². The van der Waals surface area contributed by atoms with Crippen molar-refractivity contribution in [1.82, 2.24) is 15.6 Å². The lowest BCUT2D eigenvalue weighted by Crippen LogP contribution is -2.43. The van der Waals surface area contributed by atoms with Crippen molar-refractivity contribution in [3.63, 3.8) is 0 Å². The molecule has 0 unspecified atom stereocenters. The summed E-state index contributed by atoms with van der Waals surface area (Å²) in [7, 11) is 1.64. The van der Waals surface area contributed by atoms with Crippen LogP contribution in [0.25, 0.3) is 0 Å². The minimum absolute atomic E-state index is 0.0456. The Bertz CT molecular complexity index is 1010. The van der Waals surface area contributed by atoms with Crippen LogP contribution in [0.5, 0.6) is 5.88 Å². The third-order valence-electron chi connectivity index (χ3n) is 6.79. The molecule has 6 heteroatoms. The number of amides is 1. The van der Waals surface area contributed by atoms with E-state index in [9.17, 15) is 4.79 Å². The molecule has 3 heterocycles. The first-order valence-corrected chi connectivity index (χ1v) is 12.2. The van der Waals surface area contributed by atoms with Gasteiger partial charge in [0.15, 0.2) is 0 Å². The fourth-order valence-corrected chi connectivity index (χ4v) is 5.15. The Morgan fingerprint density at radius 1 is 1.18 bits per heavy atom. The van der Waals surface area contributed by atoms with E-state index in [0.29, 0.717) is 18.5 Å². The molecule has 2 N–H and O–H groups in total. The number of ether oxygens (including phenoxy) is 1. The summed E-state index contributed by atoms with van der Waals surface area (Å²) < 4.78 is 5.56. The number of carbonyl (C=O) groups excluding carboxylic acids is 1. The van der Waals surface area contributed by atoms with Crippen molar-refractivity contribution in [2.24, 2.45) is 0 Å². The van der Waals surface area contributed by atoms with E-state index in [1.165, 1.54) is 11.3 Å². The second kappa shape index (κ2) is 10.8. The molecule has 4 rings (SSSR count). The van der Waals surface area contributed by atoms with Crippen LogP contribution in [-0.2, 0) is 19.4 Å². The smallest absolute Gasteiger partial charge is 0.251 e. The third-order valence-corrected chi connectivity index (χ3v) is 6.79. The van der Waals surface area contributed by atoms with Crippen LogP contribution in [0.1, 0.15) is 58.9 Å². The second-order valence-electron chi connectivity index (χ2n) is 8.88. The number of piperidine rings is 1. The predicted octanol–water partition coefficient (Wildman–Crippen LogP) is 3.95. The molecule has 2 aliphatic heterocycles. The Balaban J connectivity index is 1.70.